The predicted molar refractivity (Wildman–Crippen MR) is 69.8 cm³/mol. The van der Waals surface area contributed by atoms with E-state index in [1.165, 1.54) is 0 Å². The van der Waals surface area contributed by atoms with E-state index < -0.39 is 0 Å². The van der Waals surface area contributed by atoms with Crippen molar-refractivity contribution in [3.05, 3.63) is 54.2 Å². The smallest absolute Gasteiger partial charge is 0.256 e. The Morgan fingerprint density at radius 2 is 2.00 bits per heavy atom. The largest absolute Gasteiger partial charge is 0.490 e. The van der Waals surface area contributed by atoms with E-state index >= 15 is 0 Å². The SMILES string of the molecule is CCOc1cccnc1NC(=O)c1ccccc1. The lowest BCUT2D eigenvalue weighted by Gasteiger charge is -2.09. The standard InChI is InChI=1S/C14H14N2O2/c1-2-18-12-9-6-10-15-13(12)16-14(17)11-7-4-3-5-8-11/h3-10H,2H2,1H3,(H,15,16,17). The second-order valence-corrected chi connectivity index (χ2v) is 3.60. The van der Waals surface area contributed by atoms with Crippen LogP contribution in [0.4, 0.5) is 5.82 Å². The quantitative estimate of drug-likeness (QED) is 0.896. The fourth-order valence-electron chi connectivity index (χ4n) is 1.53. The van der Waals surface area contributed by atoms with Crippen molar-refractivity contribution in [1.82, 2.24) is 4.98 Å². The van der Waals surface area contributed by atoms with Gasteiger partial charge in [-0.15, -0.1) is 0 Å². The van der Waals surface area contributed by atoms with Crippen molar-refractivity contribution in [1.29, 1.82) is 0 Å². The fourth-order valence-corrected chi connectivity index (χ4v) is 1.53. The molecular formula is C14H14N2O2. The molecule has 1 heterocycles. The minimum atomic E-state index is -0.199. The summed E-state index contributed by atoms with van der Waals surface area (Å²) in [5.41, 5.74) is 0.589. The summed E-state index contributed by atoms with van der Waals surface area (Å²) in [5, 5.41) is 2.74. The molecule has 1 N–H and O–H groups in total. The molecule has 1 aromatic carbocycles. The lowest BCUT2D eigenvalue weighted by molar-refractivity contribution is 0.102. The number of hydrogen-bond donors (Lipinski definition) is 1. The number of rotatable bonds is 4. The highest BCUT2D eigenvalue weighted by atomic mass is 16.5. The number of aromatic nitrogens is 1. The van der Waals surface area contributed by atoms with Crippen LogP contribution in [0.1, 0.15) is 17.3 Å². The van der Waals surface area contributed by atoms with E-state index in [0.717, 1.165) is 0 Å². The molecule has 0 radical (unpaired) electrons. The third-order valence-corrected chi connectivity index (χ3v) is 2.34. The summed E-state index contributed by atoms with van der Waals surface area (Å²) < 4.78 is 5.40. The molecule has 0 atom stereocenters. The average Bonchev–Trinajstić information content (AvgIpc) is 2.42. The number of pyridine rings is 1. The Labute approximate surface area is 106 Å². The average molecular weight is 242 g/mol. The summed E-state index contributed by atoms with van der Waals surface area (Å²) in [6.07, 6.45) is 1.61. The van der Waals surface area contributed by atoms with Crippen molar-refractivity contribution >= 4 is 11.7 Å². The Bertz CT molecular complexity index is 526. The minimum Gasteiger partial charge on any atom is -0.490 e. The number of anilines is 1. The first kappa shape index (κ1) is 12.1. The highest BCUT2D eigenvalue weighted by molar-refractivity contribution is 6.04. The zero-order valence-corrected chi connectivity index (χ0v) is 10.1. The summed E-state index contributed by atoms with van der Waals surface area (Å²) in [7, 11) is 0. The molecule has 0 aliphatic heterocycles. The van der Waals surface area contributed by atoms with Crippen molar-refractivity contribution in [2.45, 2.75) is 6.92 Å². The molecule has 0 saturated carbocycles. The van der Waals surface area contributed by atoms with Gasteiger partial charge in [0.25, 0.3) is 5.91 Å². The molecule has 0 unspecified atom stereocenters. The van der Waals surface area contributed by atoms with Crippen LogP contribution in [0.3, 0.4) is 0 Å². The van der Waals surface area contributed by atoms with Crippen LogP contribution in [-0.2, 0) is 0 Å². The fraction of sp³-hybridized carbons (Fsp3) is 0.143. The summed E-state index contributed by atoms with van der Waals surface area (Å²) in [4.78, 5) is 16.1. The Hall–Kier alpha value is -2.36. The normalized spacial score (nSPS) is 9.83. The van der Waals surface area contributed by atoms with Crippen LogP contribution in [-0.4, -0.2) is 17.5 Å². The van der Waals surface area contributed by atoms with Gasteiger partial charge in [-0.1, -0.05) is 18.2 Å². The summed E-state index contributed by atoms with van der Waals surface area (Å²) in [6.45, 7) is 2.41. The number of carbonyl (C=O) groups is 1. The van der Waals surface area contributed by atoms with Crippen LogP contribution in [0.25, 0.3) is 0 Å². The number of benzene rings is 1. The number of carbonyl (C=O) groups excluding carboxylic acids is 1. The second-order valence-electron chi connectivity index (χ2n) is 3.60. The number of ether oxygens (including phenoxy) is 1. The van der Waals surface area contributed by atoms with E-state index in [9.17, 15) is 4.79 Å². The highest BCUT2D eigenvalue weighted by Crippen LogP contribution is 2.21. The van der Waals surface area contributed by atoms with Crippen molar-refractivity contribution in [2.75, 3.05) is 11.9 Å². The maximum absolute atomic E-state index is 12.0. The van der Waals surface area contributed by atoms with Crippen LogP contribution >= 0.6 is 0 Å². The third-order valence-electron chi connectivity index (χ3n) is 2.34. The predicted octanol–water partition coefficient (Wildman–Crippen LogP) is 2.73. The summed E-state index contributed by atoms with van der Waals surface area (Å²) in [6, 6.07) is 12.5. The van der Waals surface area contributed by atoms with Crippen molar-refractivity contribution in [3.8, 4) is 5.75 Å². The Morgan fingerprint density at radius 3 is 2.72 bits per heavy atom. The van der Waals surface area contributed by atoms with Crippen molar-refractivity contribution in [3.63, 3.8) is 0 Å². The number of nitrogens with one attached hydrogen (secondary N) is 1. The second kappa shape index (κ2) is 5.82. The summed E-state index contributed by atoms with van der Waals surface area (Å²) in [5.74, 6) is 0.813. The zero-order valence-electron chi connectivity index (χ0n) is 10.1. The molecule has 4 nitrogen and oxygen atoms in total. The van der Waals surface area contributed by atoms with Crippen LogP contribution in [0, 0.1) is 0 Å². The van der Waals surface area contributed by atoms with Gasteiger partial charge >= 0.3 is 0 Å². The number of hydrogen-bond acceptors (Lipinski definition) is 3. The van der Waals surface area contributed by atoms with E-state index in [1.54, 1.807) is 30.5 Å². The van der Waals surface area contributed by atoms with Gasteiger partial charge in [-0.3, -0.25) is 4.79 Å². The van der Waals surface area contributed by atoms with E-state index in [1.807, 2.05) is 25.1 Å². The van der Waals surface area contributed by atoms with Gasteiger partial charge in [0, 0.05) is 11.8 Å². The molecule has 0 bridgehead atoms. The number of nitrogens with zero attached hydrogens (tertiary/aromatic N) is 1. The van der Waals surface area contributed by atoms with Gasteiger partial charge in [0.15, 0.2) is 11.6 Å². The van der Waals surface area contributed by atoms with Gasteiger partial charge in [-0.2, -0.15) is 0 Å². The maximum atomic E-state index is 12.0. The van der Waals surface area contributed by atoms with Crippen molar-refractivity contribution in [2.24, 2.45) is 0 Å². The minimum absolute atomic E-state index is 0.199. The van der Waals surface area contributed by atoms with E-state index in [4.69, 9.17) is 4.74 Å². The summed E-state index contributed by atoms with van der Waals surface area (Å²) >= 11 is 0. The Morgan fingerprint density at radius 1 is 1.22 bits per heavy atom. The van der Waals surface area contributed by atoms with E-state index in [0.29, 0.717) is 23.7 Å². The monoisotopic (exact) mass is 242 g/mol. The Balaban J connectivity index is 2.17. The first-order valence-corrected chi connectivity index (χ1v) is 5.75. The van der Waals surface area contributed by atoms with Gasteiger partial charge in [-0.05, 0) is 31.2 Å². The van der Waals surface area contributed by atoms with Gasteiger partial charge in [0.05, 0.1) is 6.61 Å². The topological polar surface area (TPSA) is 51.2 Å². The maximum Gasteiger partial charge on any atom is 0.256 e. The lowest BCUT2D eigenvalue weighted by atomic mass is 10.2. The number of amides is 1. The molecule has 0 fully saturated rings. The highest BCUT2D eigenvalue weighted by Gasteiger charge is 2.09. The molecule has 1 amide bonds. The van der Waals surface area contributed by atoms with Crippen LogP contribution in [0.15, 0.2) is 48.7 Å². The molecule has 0 spiro atoms. The van der Waals surface area contributed by atoms with Gasteiger partial charge in [0.2, 0.25) is 0 Å². The molecule has 18 heavy (non-hydrogen) atoms. The molecule has 0 aliphatic carbocycles. The zero-order chi connectivity index (χ0) is 12.8. The molecule has 0 aliphatic rings. The van der Waals surface area contributed by atoms with Gasteiger partial charge in [0.1, 0.15) is 0 Å². The molecule has 2 aromatic rings. The molecular weight excluding hydrogens is 228 g/mol. The molecule has 0 saturated heterocycles. The van der Waals surface area contributed by atoms with Crippen molar-refractivity contribution < 1.29 is 9.53 Å². The lowest BCUT2D eigenvalue weighted by Crippen LogP contribution is -2.13. The molecule has 92 valence electrons. The van der Waals surface area contributed by atoms with E-state index in [-0.39, 0.29) is 5.91 Å². The van der Waals surface area contributed by atoms with E-state index in [2.05, 4.69) is 10.3 Å². The van der Waals surface area contributed by atoms with Crippen LogP contribution < -0.4 is 10.1 Å². The third kappa shape index (κ3) is 2.85. The van der Waals surface area contributed by atoms with Gasteiger partial charge in [-0.25, -0.2) is 4.98 Å². The van der Waals surface area contributed by atoms with Crippen LogP contribution in [0.2, 0.25) is 0 Å². The molecule has 4 heteroatoms. The van der Waals surface area contributed by atoms with Crippen LogP contribution in [0.5, 0.6) is 5.75 Å². The molecule has 2 rings (SSSR count). The molecule has 1 aromatic heterocycles. The van der Waals surface area contributed by atoms with Gasteiger partial charge < -0.3 is 10.1 Å². The first-order chi connectivity index (χ1) is 8.81. The first-order valence-electron chi connectivity index (χ1n) is 5.75. The Kier molecular flexibility index (Phi) is 3.91.